The quantitative estimate of drug-likeness (QED) is 0.582. The van der Waals surface area contributed by atoms with Crippen molar-refractivity contribution in [3.05, 3.63) is 0 Å². The summed E-state index contributed by atoms with van der Waals surface area (Å²) >= 11 is 0. The second-order valence-corrected chi connectivity index (χ2v) is 7.17. The van der Waals surface area contributed by atoms with Gasteiger partial charge in [0.25, 0.3) is 0 Å². The number of carbonyl (C=O) groups is 2. The molecular weight excluding hydrogens is 341 g/mol. The van der Waals surface area contributed by atoms with E-state index >= 15 is 0 Å². The third-order valence-corrected chi connectivity index (χ3v) is 5.06. The molecule has 1 amide bonds. The van der Waals surface area contributed by atoms with E-state index in [2.05, 4.69) is 0 Å². The molecule has 0 aliphatic heterocycles. The topological polar surface area (TPSA) is 141 Å². The summed E-state index contributed by atoms with van der Waals surface area (Å²) in [5.41, 5.74) is 10.3. The van der Waals surface area contributed by atoms with Crippen LogP contribution < -0.4 is 11.5 Å². The highest BCUT2D eigenvalue weighted by Gasteiger charge is 2.38. The molecular formula is C12H23F3N2O5S. The van der Waals surface area contributed by atoms with Crippen molar-refractivity contribution in [2.24, 2.45) is 11.5 Å². The molecule has 5 N–H and O–H groups in total. The molecule has 0 spiro atoms. The number of halogens is 3. The Morgan fingerprint density at radius 3 is 1.70 bits per heavy atom. The number of carboxylic acids is 1. The number of amides is 1. The first-order valence-corrected chi connectivity index (χ1v) is 8.57. The Hall–Kier alpha value is -1.36. The van der Waals surface area contributed by atoms with Gasteiger partial charge in [-0.2, -0.15) is 13.2 Å². The van der Waals surface area contributed by atoms with Crippen LogP contribution in [0.1, 0.15) is 39.5 Å². The first-order valence-electron chi connectivity index (χ1n) is 6.86. The molecule has 0 aromatic rings. The van der Waals surface area contributed by atoms with Crippen LogP contribution in [0.25, 0.3) is 0 Å². The van der Waals surface area contributed by atoms with Crippen LogP contribution in [0.4, 0.5) is 13.2 Å². The lowest BCUT2D eigenvalue weighted by Gasteiger charge is -2.17. The van der Waals surface area contributed by atoms with Gasteiger partial charge in [0, 0.05) is 0 Å². The van der Waals surface area contributed by atoms with Crippen molar-refractivity contribution in [3.8, 4) is 0 Å². The number of primary amides is 1. The van der Waals surface area contributed by atoms with Gasteiger partial charge in [0.05, 0.1) is 17.0 Å². The third kappa shape index (κ3) is 10.9. The Morgan fingerprint density at radius 1 is 1.13 bits per heavy atom. The van der Waals surface area contributed by atoms with Gasteiger partial charge in [0.15, 0.2) is 9.84 Å². The first-order chi connectivity index (χ1) is 10.3. The van der Waals surface area contributed by atoms with Gasteiger partial charge in [0.1, 0.15) is 0 Å². The minimum atomic E-state index is -5.08. The van der Waals surface area contributed by atoms with Crippen LogP contribution in [0.3, 0.4) is 0 Å². The predicted octanol–water partition coefficient (Wildman–Crippen LogP) is 0.816. The van der Waals surface area contributed by atoms with E-state index in [9.17, 15) is 26.4 Å². The second-order valence-electron chi connectivity index (χ2n) is 4.84. The molecule has 0 aliphatic rings. The molecule has 0 saturated heterocycles. The summed E-state index contributed by atoms with van der Waals surface area (Å²) in [6, 6.07) is -1.10. The average molecular weight is 364 g/mol. The van der Waals surface area contributed by atoms with Crippen molar-refractivity contribution in [1.82, 2.24) is 0 Å². The van der Waals surface area contributed by atoms with Gasteiger partial charge in [-0.3, -0.25) is 4.79 Å². The summed E-state index contributed by atoms with van der Waals surface area (Å²) < 4.78 is 55.6. The fraction of sp³-hybridized carbons (Fsp3) is 0.833. The molecule has 0 unspecified atom stereocenters. The summed E-state index contributed by atoms with van der Waals surface area (Å²) in [7, 11) is -3.32. The zero-order valence-corrected chi connectivity index (χ0v) is 13.8. The van der Waals surface area contributed by atoms with E-state index in [0.717, 1.165) is 12.8 Å². The van der Waals surface area contributed by atoms with Crippen LogP contribution in [-0.4, -0.2) is 48.6 Å². The molecule has 0 aliphatic carbocycles. The van der Waals surface area contributed by atoms with Crippen LogP contribution in [-0.2, 0) is 19.4 Å². The molecule has 0 radical (unpaired) electrons. The molecule has 11 heteroatoms. The van der Waals surface area contributed by atoms with E-state index in [1.807, 2.05) is 13.8 Å². The Morgan fingerprint density at radius 2 is 1.48 bits per heavy atom. The summed E-state index contributed by atoms with van der Waals surface area (Å²) in [4.78, 5) is 19.6. The van der Waals surface area contributed by atoms with Gasteiger partial charge >= 0.3 is 12.1 Å². The third-order valence-electron chi connectivity index (χ3n) is 2.75. The number of hydrogen-bond donors (Lipinski definition) is 3. The molecule has 23 heavy (non-hydrogen) atoms. The maximum Gasteiger partial charge on any atom is 0.490 e. The SMILES string of the molecule is CCCC(CCC)S(=O)(=O)C[C@H](N)C(N)=O.O=C(O)C(F)(F)F. The lowest BCUT2D eigenvalue weighted by molar-refractivity contribution is -0.192. The number of hydrogen-bond acceptors (Lipinski definition) is 5. The minimum absolute atomic E-state index is 0.340. The Kier molecular flexibility index (Phi) is 10.8. The molecule has 0 aromatic heterocycles. The summed E-state index contributed by atoms with van der Waals surface area (Å²) in [6.45, 7) is 3.87. The first kappa shape index (κ1) is 23.9. The van der Waals surface area contributed by atoms with Gasteiger partial charge in [-0.25, -0.2) is 13.2 Å². The van der Waals surface area contributed by atoms with Crippen LogP contribution in [0.15, 0.2) is 0 Å². The molecule has 0 rings (SSSR count). The van der Waals surface area contributed by atoms with Gasteiger partial charge in [-0.15, -0.1) is 0 Å². The van der Waals surface area contributed by atoms with Crippen LogP contribution in [0, 0.1) is 0 Å². The fourth-order valence-corrected chi connectivity index (χ4v) is 3.74. The molecule has 0 heterocycles. The fourth-order valence-electron chi connectivity index (χ4n) is 1.62. The average Bonchev–Trinajstić information content (AvgIpc) is 2.37. The minimum Gasteiger partial charge on any atom is -0.475 e. The Bertz CT molecular complexity index is 474. The van der Waals surface area contributed by atoms with E-state index < -0.39 is 39.2 Å². The summed E-state index contributed by atoms with van der Waals surface area (Å²) in [6.07, 6.45) is -2.26. The Labute approximate surface area is 133 Å². The van der Waals surface area contributed by atoms with E-state index in [1.165, 1.54) is 0 Å². The smallest absolute Gasteiger partial charge is 0.475 e. The van der Waals surface area contributed by atoms with Crippen molar-refractivity contribution < 1.29 is 36.3 Å². The van der Waals surface area contributed by atoms with Crippen molar-refractivity contribution in [2.75, 3.05) is 5.75 Å². The predicted molar refractivity (Wildman–Crippen MR) is 78.3 cm³/mol. The number of sulfone groups is 1. The lowest BCUT2D eigenvalue weighted by atomic mass is 10.2. The van der Waals surface area contributed by atoms with Crippen LogP contribution in [0.5, 0.6) is 0 Å². The highest BCUT2D eigenvalue weighted by molar-refractivity contribution is 7.92. The largest absolute Gasteiger partial charge is 0.490 e. The molecule has 0 saturated carbocycles. The number of carbonyl (C=O) groups excluding carboxylic acids is 1. The molecule has 0 fully saturated rings. The van der Waals surface area contributed by atoms with Gasteiger partial charge in [-0.05, 0) is 12.8 Å². The number of carboxylic acid groups (broad SMARTS) is 1. The van der Waals surface area contributed by atoms with Gasteiger partial charge in [-0.1, -0.05) is 26.7 Å². The highest BCUT2D eigenvalue weighted by atomic mass is 32.2. The van der Waals surface area contributed by atoms with Crippen molar-refractivity contribution in [3.63, 3.8) is 0 Å². The lowest BCUT2D eigenvalue weighted by Crippen LogP contribution is -2.44. The number of alkyl halides is 3. The van der Waals surface area contributed by atoms with E-state index in [4.69, 9.17) is 21.4 Å². The highest BCUT2D eigenvalue weighted by Crippen LogP contribution is 2.16. The van der Waals surface area contributed by atoms with Gasteiger partial charge in [0.2, 0.25) is 5.91 Å². The zero-order valence-electron chi connectivity index (χ0n) is 13.0. The number of rotatable bonds is 8. The van der Waals surface area contributed by atoms with Crippen molar-refractivity contribution >= 4 is 21.7 Å². The second kappa shape index (κ2) is 10.4. The van der Waals surface area contributed by atoms with E-state index in [0.29, 0.717) is 12.8 Å². The normalized spacial score (nSPS) is 13.2. The van der Waals surface area contributed by atoms with Crippen LogP contribution >= 0.6 is 0 Å². The number of nitrogens with two attached hydrogens (primary N) is 2. The van der Waals surface area contributed by atoms with Crippen molar-refractivity contribution in [1.29, 1.82) is 0 Å². The van der Waals surface area contributed by atoms with E-state index in [-0.39, 0.29) is 5.75 Å². The summed E-state index contributed by atoms with van der Waals surface area (Å²) in [5.74, 6) is -3.87. The molecule has 0 aromatic carbocycles. The maximum atomic E-state index is 11.9. The Balaban J connectivity index is 0. The van der Waals surface area contributed by atoms with Gasteiger partial charge < -0.3 is 16.6 Å². The monoisotopic (exact) mass is 364 g/mol. The zero-order chi connectivity index (χ0) is 18.8. The number of aliphatic carboxylic acids is 1. The van der Waals surface area contributed by atoms with Crippen LogP contribution in [0.2, 0.25) is 0 Å². The molecule has 7 nitrogen and oxygen atoms in total. The standard InChI is InChI=1S/C10H22N2O3S.C2HF3O2/c1-3-5-8(6-4-2)16(14,15)7-9(11)10(12)13;3-2(4,5)1(6)7/h8-9H,3-7,11H2,1-2H3,(H2,12,13);(H,6,7)/t9-;/m0./s1. The molecule has 0 bridgehead atoms. The van der Waals surface area contributed by atoms with E-state index in [1.54, 1.807) is 0 Å². The molecule has 1 atom stereocenters. The maximum absolute atomic E-state index is 11.9. The van der Waals surface area contributed by atoms with Crippen molar-refractivity contribution in [2.45, 2.75) is 57.0 Å². The molecule has 138 valence electrons. The summed E-state index contributed by atoms with van der Waals surface area (Å²) in [5, 5.41) is 6.73.